The number of likely N-dealkylation sites (tertiary alicyclic amines) is 1. The Morgan fingerprint density at radius 1 is 1.22 bits per heavy atom. The highest BCUT2D eigenvalue weighted by Gasteiger charge is 2.18. The summed E-state index contributed by atoms with van der Waals surface area (Å²) in [6.07, 6.45) is 2.11. The molecule has 0 unspecified atom stereocenters. The maximum Gasteiger partial charge on any atom is 0.337 e. The molecule has 0 bridgehead atoms. The van der Waals surface area contributed by atoms with Gasteiger partial charge in [0.2, 0.25) is 5.91 Å². The summed E-state index contributed by atoms with van der Waals surface area (Å²) in [5.41, 5.74) is 0.671. The molecule has 5 nitrogen and oxygen atoms in total. The number of carbonyl (C=O) groups is 2. The Morgan fingerprint density at radius 3 is 2.56 bits per heavy atom. The molecule has 2 rings (SSSR count). The molecule has 0 spiro atoms. The zero-order chi connectivity index (χ0) is 13.0. The number of carboxylic acid groups (broad SMARTS) is 1. The molecule has 0 aliphatic carbocycles. The molecule has 1 aliphatic rings. The maximum absolute atomic E-state index is 11.8. The number of carbonyl (C=O) groups excluding carboxylic acids is 1. The van der Waals surface area contributed by atoms with Gasteiger partial charge >= 0.3 is 5.97 Å². The van der Waals surface area contributed by atoms with E-state index in [0.717, 1.165) is 25.9 Å². The van der Waals surface area contributed by atoms with Gasteiger partial charge in [-0.2, -0.15) is 0 Å². The Balaban J connectivity index is 1.97. The summed E-state index contributed by atoms with van der Waals surface area (Å²) in [5.74, 6) is -0.973. The van der Waals surface area contributed by atoms with Crippen LogP contribution in [0.25, 0.3) is 0 Å². The highest BCUT2D eigenvalue weighted by molar-refractivity contribution is 5.95. The SMILES string of the molecule is O=C(O)c1ccccc1NCC(=O)N1CCCC1. The van der Waals surface area contributed by atoms with Crippen LogP contribution in [0.4, 0.5) is 5.69 Å². The van der Waals surface area contributed by atoms with E-state index in [4.69, 9.17) is 5.11 Å². The quantitative estimate of drug-likeness (QED) is 0.845. The van der Waals surface area contributed by atoms with Gasteiger partial charge in [0.05, 0.1) is 12.1 Å². The first-order valence-corrected chi connectivity index (χ1v) is 6.02. The van der Waals surface area contributed by atoms with E-state index < -0.39 is 5.97 Å². The highest BCUT2D eigenvalue weighted by atomic mass is 16.4. The summed E-state index contributed by atoms with van der Waals surface area (Å²) in [5, 5.41) is 11.9. The smallest absolute Gasteiger partial charge is 0.337 e. The number of aromatic carboxylic acids is 1. The zero-order valence-corrected chi connectivity index (χ0v) is 10.1. The molecule has 1 heterocycles. The average molecular weight is 248 g/mol. The molecule has 96 valence electrons. The molecule has 1 amide bonds. The van der Waals surface area contributed by atoms with Crippen molar-refractivity contribution >= 4 is 17.6 Å². The lowest BCUT2D eigenvalue weighted by Gasteiger charge is -2.16. The van der Waals surface area contributed by atoms with Crippen molar-refractivity contribution in [1.82, 2.24) is 4.90 Å². The molecule has 1 aromatic rings. The number of amides is 1. The average Bonchev–Trinajstić information content (AvgIpc) is 2.90. The van der Waals surface area contributed by atoms with Crippen molar-refractivity contribution in [3.05, 3.63) is 29.8 Å². The molecule has 1 aliphatic heterocycles. The first-order valence-electron chi connectivity index (χ1n) is 6.02. The van der Waals surface area contributed by atoms with Crippen molar-refractivity contribution in [2.24, 2.45) is 0 Å². The standard InChI is InChI=1S/C13H16N2O3/c16-12(15-7-3-4-8-15)9-14-11-6-2-1-5-10(11)13(17)18/h1-2,5-6,14H,3-4,7-9H2,(H,17,18). The lowest BCUT2D eigenvalue weighted by Crippen LogP contribution is -2.33. The number of para-hydroxylation sites is 1. The molecule has 0 atom stereocenters. The highest BCUT2D eigenvalue weighted by Crippen LogP contribution is 2.15. The normalized spacial score (nSPS) is 14.6. The summed E-state index contributed by atoms with van der Waals surface area (Å²) in [6, 6.07) is 6.59. The van der Waals surface area contributed by atoms with Crippen LogP contribution in [0.3, 0.4) is 0 Å². The number of hydrogen-bond acceptors (Lipinski definition) is 3. The minimum Gasteiger partial charge on any atom is -0.478 e. The van der Waals surface area contributed by atoms with E-state index in [1.807, 2.05) is 0 Å². The minimum atomic E-state index is -0.994. The summed E-state index contributed by atoms with van der Waals surface area (Å²) in [7, 11) is 0. The first-order chi connectivity index (χ1) is 8.68. The Bertz CT molecular complexity index is 453. The number of carboxylic acids is 1. The second kappa shape index (κ2) is 5.53. The Labute approximate surface area is 105 Å². The van der Waals surface area contributed by atoms with Gasteiger partial charge in [-0.25, -0.2) is 4.79 Å². The van der Waals surface area contributed by atoms with Gasteiger partial charge in [0.15, 0.2) is 0 Å². The van der Waals surface area contributed by atoms with Crippen LogP contribution in [0, 0.1) is 0 Å². The van der Waals surface area contributed by atoms with Gasteiger partial charge in [-0.05, 0) is 25.0 Å². The van der Waals surface area contributed by atoms with Gasteiger partial charge in [0, 0.05) is 18.8 Å². The molecule has 1 saturated heterocycles. The summed E-state index contributed by atoms with van der Waals surface area (Å²) < 4.78 is 0. The maximum atomic E-state index is 11.8. The van der Waals surface area contributed by atoms with E-state index in [2.05, 4.69) is 5.32 Å². The third kappa shape index (κ3) is 2.80. The predicted molar refractivity (Wildman–Crippen MR) is 67.7 cm³/mol. The van der Waals surface area contributed by atoms with Crippen LogP contribution in [0.1, 0.15) is 23.2 Å². The molecule has 1 aromatic carbocycles. The molecular formula is C13H16N2O3. The first kappa shape index (κ1) is 12.4. The van der Waals surface area contributed by atoms with Crippen molar-refractivity contribution < 1.29 is 14.7 Å². The van der Waals surface area contributed by atoms with Crippen molar-refractivity contribution in [3.8, 4) is 0 Å². The van der Waals surface area contributed by atoms with Gasteiger partial charge in [-0.3, -0.25) is 4.79 Å². The van der Waals surface area contributed by atoms with Gasteiger partial charge in [-0.15, -0.1) is 0 Å². The van der Waals surface area contributed by atoms with Gasteiger partial charge < -0.3 is 15.3 Å². The second-order valence-electron chi connectivity index (χ2n) is 4.29. The molecule has 1 fully saturated rings. The van der Waals surface area contributed by atoms with E-state index >= 15 is 0 Å². The number of hydrogen-bond donors (Lipinski definition) is 2. The van der Waals surface area contributed by atoms with E-state index in [1.54, 1.807) is 23.1 Å². The second-order valence-corrected chi connectivity index (χ2v) is 4.29. The number of nitrogens with one attached hydrogen (secondary N) is 1. The van der Waals surface area contributed by atoms with Crippen LogP contribution < -0.4 is 5.32 Å². The van der Waals surface area contributed by atoms with Crippen molar-refractivity contribution in [1.29, 1.82) is 0 Å². The fraction of sp³-hybridized carbons (Fsp3) is 0.385. The largest absolute Gasteiger partial charge is 0.478 e. The lowest BCUT2D eigenvalue weighted by atomic mass is 10.2. The monoisotopic (exact) mass is 248 g/mol. The molecule has 2 N–H and O–H groups in total. The van der Waals surface area contributed by atoms with Crippen LogP contribution in [-0.4, -0.2) is 41.5 Å². The van der Waals surface area contributed by atoms with E-state index in [0.29, 0.717) is 5.69 Å². The molecule has 5 heteroatoms. The van der Waals surface area contributed by atoms with E-state index in [9.17, 15) is 9.59 Å². The van der Waals surface area contributed by atoms with Gasteiger partial charge in [-0.1, -0.05) is 12.1 Å². The van der Waals surface area contributed by atoms with Crippen LogP contribution >= 0.6 is 0 Å². The Morgan fingerprint density at radius 2 is 1.89 bits per heavy atom. The summed E-state index contributed by atoms with van der Waals surface area (Å²) >= 11 is 0. The topological polar surface area (TPSA) is 69.6 Å². The zero-order valence-electron chi connectivity index (χ0n) is 10.1. The van der Waals surface area contributed by atoms with E-state index in [-0.39, 0.29) is 18.0 Å². The van der Waals surface area contributed by atoms with Crippen molar-refractivity contribution in [3.63, 3.8) is 0 Å². The Hall–Kier alpha value is -2.04. The fourth-order valence-electron chi connectivity index (χ4n) is 2.07. The number of anilines is 1. The van der Waals surface area contributed by atoms with Crippen LogP contribution in [-0.2, 0) is 4.79 Å². The van der Waals surface area contributed by atoms with Crippen LogP contribution in [0.15, 0.2) is 24.3 Å². The lowest BCUT2D eigenvalue weighted by molar-refractivity contribution is -0.128. The van der Waals surface area contributed by atoms with Crippen molar-refractivity contribution in [2.45, 2.75) is 12.8 Å². The van der Waals surface area contributed by atoms with Gasteiger partial charge in [0.25, 0.3) is 0 Å². The molecule has 0 saturated carbocycles. The number of nitrogens with zero attached hydrogens (tertiary/aromatic N) is 1. The minimum absolute atomic E-state index is 0.0210. The van der Waals surface area contributed by atoms with E-state index in [1.165, 1.54) is 6.07 Å². The third-order valence-electron chi connectivity index (χ3n) is 3.05. The summed E-state index contributed by atoms with van der Waals surface area (Å²) in [4.78, 5) is 24.6. The fourth-order valence-corrected chi connectivity index (χ4v) is 2.07. The molecule has 0 radical (unpaired) electrons. The number of rotatable bonds is 4. The molecular weight excluding hydrogens is 232 g/mol. The summed E-state index contributed by atoms with van der Waals surface area (Å²) in [6.45, 7) is 1.76. The number of benzene rings is 1. The molecule has 0 aromatic heterocycles. The Kier molecular flexibility index (Phi) is 3.82. The predicted octanol–water partition coefficient (Wildman–Crippen LogP) is 1.42. The van der Waals surface area contributed by atoms with Gasteiger partial charge in [0.1, 0.15) is 0 Å². The third-order valence-corrected chi connectivity index (χ3v) is 3.05. The van der Waals surface area contributed by atoms with Crippen LogP contribution in [0.2, 0.25) is 0 Å². The molecule has 18 heavy (non-hydrogen) atoms. The van der Waals surface area contributed by atoms with Crippen molar-refractivity contribution in [2.75, 3.05) is 25.0 Å². The van der Waals surface area contributed by atoms with Crippen LogP contribution in [0.5, 0.6) is 0 Å².